The van der Waals surface area contributed by atoms with Gasteiger partial charge in [-0.1, -0.05) is 12.1 Å². The van der Waals surface area contributed by atoms with Crippen LogP contribution in [0.2, 0.25) is 0 Å². The van der Waals surface area contributed by atoms with Crippen molar-refractivity contribution in [2.45, 2.75) is 31.8 Å². The predicted octanol–water partition coefficient (Wildman–Crippen LogP) is 1.99. The van der Waals surface area contributed by atoms with Gasteiger partial charge in [0.15, 0.2) is 0 Å². The van der Waals surface area contributed by atoms with Gasteiger partial charge in [0.2, 0.25) is 0 Å². The van der Waals surface area contributed by atoms with E-state index in [9.17, 15) is 5.11 Å². The molecule has 0 aromatic heterocycles. The van der Waals surface area contributed by atoms with Gasteiger partial charge in [0.1, 0.15) is 5.75 Å². The van der Waals surface area contributed by atoms with E-state index in [1.165, 1.54) is 18.4 Å². The highest BCUT2D eigenvalue weighted by atomic mass is 16.5. The quantitative estimate of drug-likeness (QED) is 0.838. The zero-order valence-electron chi connectivity index (χ0n) is 11.1. The van der Waals surface area contributed by atoms with E-state index in [2.05, 4.69) is 5.32 Å². The Labute approximate surface area is 109 Å². The number of aliphatic hydroxyl groups is 1. The Morgan fingerprint density at radius 3 is 2.56 bits per heavy atom. The van der Waals surface area contributed by atoms with Gasteiger partial charge in [-0.15, -0.1) is 0 Å². The number of hydrogen-bond donors (Lipinski definition) is 2. The van der Waals surface area contributed by atoms with Crippen molar-refractivity contribution >= 4 is 0 Å². The summed E-state index contributed by atoms with van der Waals surface area (Å²) in [6, 6.07) is 7.97. The molecule has 1 atom stereocenters. The molecule has 1 unspecified atom stereocenters. The van der Waals surface area contributed by atoms with Crippen LogP contribution in [-0.2, 0) is 6.42 Å². The van der Waals surface area contributed by atoms with Crippen LogP contribution < -0.4 is 10.1 Å². The van der Waals surface area contributed by atoms with E-state index in [1.807, 2.05) is 24.3 Å². The zero-order valence-corrected chi connectivity index (χ0v) is 11.1. The highest BCUT2D eigenvalue weighted by molar-refractivity contribution is 5.27. The number of aliphatic hydroxyl groups excluding tert-OH is 1. The summed E-state index contributed by atoms with van der Waals surface area (Å²) in [7, 11) is 1.67. The van der Waals surface area contributed by atoms with Gasteiger partial charge in [-0.3, -0.25) is 0 Å². The number of hydrogen-bond acceptors (Lipinski definition) is 3. The van der Waals surface area contributed by atoms with Gasteiger partial charge in [-0.25, -0.2) is 0 Å². The molecule has 0 radical (unpaired) electrons. The molecule has 0 aliphatic carbocycles. The minimum Gasteiger partial charge on any atom is -0.497 e. The summed E-state index contributed by atoms with van der Waals surface area (Å²) < 4.78 is 5.13. The Bertz CT molecular complexity index is 344. The lowest BCUT2D eigenvalue weighted by atomic mass is 9.90. The molecule has 1 saturated heterocycles. The topological polar surface area (TPSA) is 41.5 Å². The monoisotopic (exact) mass is 249 g/mol. The molecule has 100 valence electrons. The lowest BCUT2D eigenvalue weighted by Gasteiger charge is -2.24. The van der Waals surface area contributed by atoms with Crippen LogP contribution in [-0.4, -0.2) is 31.4 Å². The third-order valence-electron chi connectivity index (χ3n) is 3.69. The molecule has 1 heterocycles. The van der Waals surface area contributed by atoms with Crippen LogP contribution in [0.15, 0.2) is 24.3 Å². The first-order valence-electron chi connectivity index (χ1n) is 6.79. The second-order valence-electron chi connectivity index (χ2n) is 5.14. The molecule has 18 heavy (non-hydrogen) atoms. The molecule has 1 fully saturated rings. The molecule has 0 saturated carbocycles. The maximum Gasteiger partial charge on any atom is 0.118 e. The summed E-state index contributed by atoms with van der Waals surface area (Å²) in [5, 5.41) is 13.5. The van der Waals surface area contributed by atoms with Crippen molar-refractivity contribution in [2.24, 2.45) is 5.92 Å². The SMILES string of the molecule is COc1ccc(CC(O)CC2CCNCC2)cc1. The van der Waals surface area contributed by atoms with Crippen LogP contribution in [0.1, 0.15) is 24.8 Å². The normalized spacial score (nSPS) is 18.6. The Balaban J connectivity index is 1.80. The summed E-state index contributed by atoms with van der Waals surface area (Å²) in [6.45, 7) is 2.19. The highest BCUT2D eigenvalue weighted by Crippen LogP contribution is 2.20. The fraction of sp³-hybridized carbons (Fsp3) is 0.600. The summed E-state index contributed by atoms with van der Waals surface area (Å²) in [5.41, 5.74) is 1.18. The maximum absolute atomic E-state index is 10.1. The van der Waals surface area contributed by atoms with Crippen molar-refractivity contribution in [1.29, 1.82) is 0 Å². The number of methoxy groups -OCH3 is 1. The highest BCUT2D eigenvalue weighted by Gasteiger charge is 2.17. The fourth-order valence-corrected chi connectivity index (χ4v) is 2.62. The van der Waals surface area contributed by atoms with Crippen LogP contribution >= 0.6 is 0 Å². The smallest absolute Gasteiger partial charge is 0.118 e. The summed E-state index contributed by atoms with van der Waals surface area (Å²) in [6.07, 6.45) is 3.84. The van der Waals surface area contributed by atoms with Crippen LogP contribution in [0.3, 0.4) is 0 Å². The van der Waals surface area contributed by atoms with E-state index in [1.54, 1.807) is 7.11 Å². The molecule has 1 aliphatic rings. The summed E-state index contributed by atoms with van der Waals surface area (Å²) in [4.78, 5) is 0. The molecule has 2 N–H and O–H groups in total. The van der Waals surface area contributed by atoms with Crippen LogP contribution in [0, 0.1) is 5.92 Å². The van der Waals surface area contributed by atoms with Crippen molar-refractivity contribution in [1.82, 2.24) is 5.32 Å². The minimum absolute atomic E-state index is 0.221. The largest absolute Gasteiger partial charge is 0.497 e. The molecular formula is C15H23NO2. The van der Waals surface area contributed by atoms with E-state index in [0.29, 0.717) is 5.92 Å². The second-order valence-corrected chi connectivity index (χ2v) is 5.14. The van der Waals surface area contributed by atoms with Gasteiger partial charge in [0.25, 0.3) is 0 Å². The van der Waals surface area contributed by atoms with Gasteiger partial charge < -0.3 is 15.2 Å². The Hall–Kier alpha value is -1.06. The van der Waals surface area contributed by atoms with Crippen LogP contribution in [0.5, 0.6) is 5.75 Å². The molecule has 3 nitrogen and oxygen atoms in total. The van der Waals surface area contributed by atoms with Gasteiger partial charge in [0.05, 0.1) is 13.2 Å². The van der Waals surface area contributed by atoms with Gasteiger partial charge in [-0.2, -0.15) is 0 Å². The van der Waals surface area contributed by atoms with Crippen LogP contribution in [0.4, 0.5) is 0 Å². The molecule has 0 bridgehead atoms. The second kappa shape index (κ2) is 6.76. The van der Waals surface area contributed by atoms with Crippen molar-refractivity contribution < 1.29 is 9.84 Å². The van der Waals surface area contributed by atoms with E-state index in [0.717, 1.165) is 31.7 Å². The number of rotatable bonds is 5. The lowest BCUT2D eigenvalue weighted by Crippen LogP contribution is -2.30. The van der Waals surface area contributed by atoms with E-state index in [-0.39, 0.29) is 6.10 Å². The van der Waals surface area contributed by atoms with E-state index < -0.39 is 0 Å². The molecule has 0 spiro atoms. The molecule has 1 aliphatic heterocycles. The Kier molecular flexibility index (Phi) is 5.02. The van der Waals surface area contributed by atoms with Gasteiger partial charge >= 0.3 is 0 Å². The molecular weight excluding hydrogens is 226 g/mol. The number of piperidine rings is 1. The van der Waals surface area contributed by atoms with Gasteiger partial charge in [0, 0.05) is 0 Å². The van der Waals surface area contributed by atoms with Crippen molar-refractivity contribution in [3.8, 4) is 5.75 Å². The van der Waals surface area contributed by atoms with E-state index >= 15 is 0 Å². The average Bonchev–Trinajstić information content (AvgIpc) is 2.40. The molecule has 0 amide bonds. The average molecular weight is 249 g/mol. The third-order valence-corrected chi connectivity index (χ3v) is 3.69. The molecule has 1 aromatic rings. The molecule has 2 rings (SSSR count). The number of benzene rings is 1. The fourth-order valence-electron chi connectivity index (χ4n) is 2.62. The first-order chi connectivity index (χ1) is 8.78. The maximum atomic E-state index is 10.1. The Morgan fingerprint density at radius 2 is 1.94 bits per heavy atom. The third kappa shape index (κ3) is 4.00. The van der Waals surface area contributed by atoms with Gasteiger partial charge in [-0.05, 0) is 62.4 Å². The Morgan fingerprint density at radius 1 is 1.28 bits per heavy atom. The first-order valence-corrected chi connectivity index (χ1v) is 6.79. The first kappa shape index (κ1) is 13.4. The van der Waals surface area contributed by atoms with Crippen molar-refractivity contribution in [2.75, 3.05) is 20.2 Å². The van der Waals surface area contributed by atoms with Crippen LogP contribution in [0.25, 0.3) is 0 Å². The van der Waals surface area contributed by atoms with Crippen molar-refractivity contribution in [3.63, 3.8) is 0 Å². The zero-order chi connectivity index (χ0) is 12.8. The number of ether oxygens (including phenoxy) is 1. The predicted molar refractivity (Wildman–Crippen MR) is 72.9 cm³/mol. The number of nitrogens with one attached hydrogen (secondary N) is 1. The molecule has 3 heteroatoms. The van der Waals surface area contributed by atoms with Crippen molar-refractivity contribution in [3.05, 3.63) is 29.8 Å². The summed E-state index contributed by atoms with van der Waals surface area (Å²) >= 11 is 0. The van der Waals surface area contributed by atoms with E-state index in [4.69, 9.17) is 4.74 Å². The molecule has 1 aromatic carbocycles. The summed E-state index contributed by atoms with van der Waals surface area (Å²) in [5.74, 6) is 1.55. The minimum atomic E-state index is -0.221. The standard InChI is InChI=1S/C15H23NO2/c1-18-15-4-2-12(3-5-15)10-14(17)11-13-6-8-16-9-7-13/h2-5,13-14,16-17H,6-11H2,1H3. The lowest BCUT2D eigenvalue weighted by molar-refractivity contribution is 0.132.